The molecule has 150 valence electrons. The third-order valence-corrected chi connectivity index (χ3v) is 5.97. The van der Waals surface area contributed by atoms with Gasteiger partial charge in [0.1, 0.15) is 17.2 Å². The SMILES string of the molecule is O=C(c1cccc(F)c1)N1CCC2(C=Cc3cc(-c4ccccc4)ccc3O2)CC1. The highest BCUT2D eigenvalue weighted by molar-refractivity contribution is 5.94. The Morgan fingerprint density at radius 2 is 1.70 bits per heavy atom. The predicted octanol–water partition coefficient (Wildman–Crippen LogP) is 5.57. The number of piperidine rings is 1. The molecular weight excluding hydrogens is 377 g/mol. The van der Waals surface area contributed by atoms with Crippen LogP contribution in [0.1, 0.15) is 28.8 Å². The Morgan fingerprint density at radius 1 is 0.900 bits per heavy atom. The van der Waals surface area contributed by atoms with E-state index in [0.717, 1.165) is 16.9 Å². The normalized spacial score (nSPS) is 16.8. The van der Waals surface area contributed by atoms with Gasteiger partial charge >= 0.3 is 0 Å². The van der Waals surface area contributed by atoms with Crippen LogP contribution in [0.25, 0.3) is 17.2 Å². The lowest BCUT2D eigenvalue weighted by Crippen LogP contribution is -2.49. The summed E-state index contributed by atoms with van der Waals surface area (Å²) in [5, 5.41) is 0. The molecule has 0 aromatic heterocycles. The Balaban J connectivity index is 1.30. The van der Waals surface area contributed by atoms with Gasteiger partial charge in [-0.1, -0.05) is 48.5 Å². The lowest BCUT2D eigenvalue weighted by atomic mass is 9.87. The number of carbonyl (C=O) groups is 1. The predicted molar refractivity (Wildman–Crippen MR) is 116 cm³/mol. The summed E-state index contributed by atoms with van der Waals surface area (Å²) >= 11 is 0. The van der Waals surface area contributed by atoms with Crippen molar-refractivity contribution in [2.75, 3.05) is 13.1 Å². The molecule has 0 aliphatic carbocycles. The minimum atomic E-state index is -0.389. The van der Waals surface area contributed by atoms with E-state index in [4.69, 9.17) is 4.74 Å². The fourth-order valence-corrected chi connectivity index (χ4v) is 4.24. The number of fused-ring (bicyclic) bond motifs is 1. The van der Waals surface area contributed by atoms with Crippen LogP contribution in [0.15, 0.2) is 78.9 Å². The lowest BCUT2D eigenvalue weighted by Gasteiger charge is -2.42. The van der Waals surface area contributed by atoms with Crippen LogP contribution in [-0.2, 0) is 0 Å². The number of nitrogens with zero attached hydrogens (tertiary/aromatic N) is 1. The van der Waals surface area contributed by atoms with E-state index in [1.807, 2.05) is 24.3 Å². The van der Waals surface area contributed by atoms with Crippen molar-refractivity contribution >= 4 is 12.0 Å². The van der Waals surface area contributed by atoms with E-state index in [9.17, 15) is 9.18 Å². The second kappa shape index (κ2) is 7.45. The maximum atomic E-state index is 13.5. The molecule has 3 aromatic carbocycles. The standard InChI is InChI=1S/C26H22FNO2/c27-23-8-4-7-22(18-23)25(29)28-15-13-26(14-16-28)12-11-21-17-20(9-10-24(21)30-26)19-5-2-1-3-6-19/h1-12,17-18H,13-16H2. The van der Waals surface area contributed by atoms with E-state index < -0.39 is 0 Å². The third-order valence-electron chi connectivity index (χ3n) is 5.97. The van der Waals surface area contributed by atoms with Crippen LogP contribution in [0.2, 0.25) is 0 Å². The van der Waals surface area contributed by atoms with Crippen molar-refractivity contribution in [2.45, 2.75) is 18.4 Å². The summed E-state index contributed by atoms with van der Waals surface area (Å²) in [5.41, 5.74) is 3.41. The molecule has 2 aliphatic rings. The zero-order valence-corrected chi connectivity index (χ0v) is 16.6. The average Bonchev–Trinajstić information content (AvgIpc) is 2.79. The Morgan fingerprint density at radius 3 is 2.47 bits per heavy atom. The van der Waals surface area contributed by atoms with Crippen LogP contribution in [0, 0.1) is 5.82 Å². The van der Waals surface area contributed by atoms with Gasteiger partial charge in [0.2, 0.25) is 0 Å². The highest BCUT2D eigenvalue weighted by Crippen LogP contribution is 2.39. The minimum Gasteiger partial charge on any atom is -0.482 e. The number of amides is 1. The highest BCUT2D eigenvalue weighted by Gasteiger charge is 2.38. The van der Waals surface area contributed by atoms with Crippen LogP contribution < -0.4 is 4.74 Å². The molecule has 2 heterocycles. The van der Waals surface area contributed by atoms with Crippen LogP contribution in [-0.4, -0.2) is 29.5 Å². The Hall–Kier alpha value is -3.40. The van der Waals surface area contributed by atoms with Crippen molar-refractivity contribution in [3.05, 3.63) is 95.8 Å². The van der Waals surface area contributed by atoms with Crippen molar-refractivity contribution in [3.63, 3.8) is 0 Å². The number of rotatable bonds is 2. The molecule has 0 saturated carbocycles. The first-order valence-electron chi connectivity index (χ1n) is 10.2. The summed E-state index contributed by atoms with van der Waals surface area (Å²) < 4.78 is 19.9. The quantitative estimate of drug-likeness (QED) is 0.564. The molecule has 30 heavy (non-hydrogen) atoms. The molecule has 0 bridgehead atoms. The van der Waals surface area contributed by atoms with Crippen molar-refractivity contribution in [1.82, 2.24) is 4.90 Å². The second-order valence-corrected chi connectivity index (χ2v) is 7.92. The zero-order valence-electron chi connectivity index (χ0n) is 16.6. The van der Waals surface area contributed by atoms with Crippen LogP contribution in [0.3, 0.4) is 0 Å². The fourth-order valence-electron chi connectivity index (χ4n) is 4.24. The molecule has 1 amide bonds. The van der Waals surface area contributed by atoms with Gasteiger partial charge in [0, 0.05) is 37.1 Å². The Bertz CT molecular complexity index is 1110. The van der Waals surface area contributed by atoms with Crippen LogP contribution in [0.5, 0.6) is 5.75 Å². The molecule has 0 atom stereocenters. The van der Waals surface area contributed by atoms with Crippen molar-refractivity contribution < 1.29 is 13.9 Å². The highest BCUT2D eigenvalue weighted by atomic mass is 19.1. The van der Waals surface area contributed by atoms with Gasteiger partial charge in [-0.25, -0.2) is 4.39 Å². The van der Waals surface area contributed by atoms with Crippen molar-refractivity contribution in [2.24, 2.45) is 0 Å². The number of hydrogen-bond acceptors (Lipinski definition) is 2. The number of hydrogen-bond donors (Lipinski definition) is 0. The first-order chi connectivity index (χ1) is 14.6. The smallest absolute Gasteiger partial charge is 0.253 e. The van der Waals surface area contributed by atoms with Crippen molar-refractivity contribution in [3.8, 4) is 16.9 Å². The molecule has 0 N–H and O–H groups in total. The summed E-state index contributed by atoms with van der Waals surface area (Å²) in [6, 6.07) is 22.4. The van der Waals surface area contributed by atoms with Gasteiger partial charge in [0.05, 0.1) is 0 Å². The van der Waals surface area contributed by atoms with Gasteiger partial charge in [-0.3, -0.25) is 4.79 Å². The van der Waals surface area contributed by atoms with Gasteiger partial charge in [0.25, 0.3) is 5.91 Å². The minimum absolute atomic E-state index is 0.128. The molecule has 1 spiro atoms. The van der Waals surface area contributed by atoms with E-state index >= 15 is 0 Å². The molecule has 1 saturated heterocycles. The summed E-state index contributed by atoms with van der Waals surface area (Å²) in [6.07, 6.45) is 5.69. The summed E-state index contributed by atoms with van der Waals surface area (Å²) in [4.78, 5) is 14.5. The second-order valence-electron chi connectivity index (χ2n) is 7.92. The third kappa shape index (κ3) is 3.50. The van der Waals surface area contributed by atoms with Gasteiger partial charge < -0.3 is 9.64 Å². The summed E-state index contributed by atoms with van der Waals surface area (Å²) in [7, 11) is 0. The maximum Gasteiger partial charge on any atom is 0.253 e. The number of ether oxygens (including phenoxy) is 1. The number of halogens is 1. The molecule has 2 aliphatic heterocycles. The van der Waals surface area contributed by atoms with E-state index in [1.54, 1.807) is 17.0 Å². The Labute approximate surface area is 175 Å². The van der Waals surface area contributed by atoms with Gasteiger partial charge in [-0.2, -0.15) is 0 Å². The largest absolute Gasteiger partial charge is 0.482 e. The van der Waals surface area contributed by atoms with E-state index in [-0.39, 0.29) is 17.3 Å². The fraction of sp³-hybridized carbons (Fsp3) is 0.192. The topological polar surface area (TPSA) is 29.5 Å². The summed E-state index contributed by atoms with van der Waals surface area (Å²) in [6.45, 7) is 1.16. The van der Waals surface area contributed by atoms with E-state index in [2.05, 4.69) is 36.4 Å². The van der Waals surface area contributed by atoms with Crippen LogP contribution >= 0.6 is 0 Å². The molecular formula is C26H22FNO2. The molecule has 4 heteroatoms. The van der Waals surface area contributed by atoms with Gasteiger partial charge in [0.15, 0.2) is 0 Å². The van der Waals surface area contributed by atoms with Crippen LogP contribution in [0.4, 0.5) is 4.39 Å². The molecule has 0 radical (unpaired) electrons. The molecule has 1 fully saturated rings. The van der Waals surface area contributed by atoms with Gasteiger partial charge in [-0.05, 0) is 47.5 Å². The molecule has 3 aromatic rings. The lowest BCUT2D eigenvalue weighted by molar-refractivity contribution is 0.0329. The Kier molecular flexibility index (Phi) is 4.62. The van der Waals surface area contributed by atoms with Crippen molar-refractivity contribution in [1.29, 1.82) is 0 Å². The number of carbonyl (C=O) groups excluding carboxylic acids is 1. The average molecular weight is 399 g/mol. The molecule has 3 nitrogen and oxygen atoms in total. The zero-order chi connectivity index (χ0) is 20.6. The number of likely N-dealkylation sites (tertiary alicyclic amines) is 1. The van der Waals surface area contributed by atoms with Gasteiger partial charge in [-0.15, -0.1) is 0 Å². The van der Waals surface area contributed by atoms with E-state index in [1.165, 1.54) is 17.7 Å². The first kappa shape index (κ1) is 18.6. The van der Waals surface area contributed by atoms with E-state index in [0.29, 0.717) is 31.5 Å². The molecule has 0 unspecified atom stereocenters. The molecule has 5 rings (SSSR count). The summed E-state index contributed by atoms with van der Waals surface area (Å²) in [5.74, 6) is 0.360. The maximum absolute atomic E-state index is 13.5. The monoisotopic (exact) mass is 399 g/mol. The first-order valence-corrected chi connectivity index (χ1v) is 10.2. The number of benzene rings is 3.